The number of halogens is 1. The van der Waals surface area contributed by atoms with E-state index in [1.165, 1.54) is 18.2 Å². The van der Waals surface area contributed by atoms with E-state index in [-0.39, 0.29) is 18.3 Å². The van der Waals surface area contributed by atoms with Crippen molar-refractivity contribution in [2.75, 3.05) is 19.7 Å². The van der Waals surface area contributed by atoms with E-state index in [4.69, 9.17) is 9.84 Å². The molecule has 0 aliphatic carbocycles. The molecule has 0 aromatic heterocycles. The minimum absolute atomic E-state index is 0.204. The Balaban J connectivity index is 1.96. The minimum atomic E-state index is -1.04. The van der Waals surface area contributed by atoms with Gasteiger partial charge in [0.15, 0.2) is 0 Å². The van der Waals surface area contributed by atoms with Crippen LogP contribution in [0.2, 0.25) is 0 Å². The summed E-state index contributed by atoms with van der Waals surface area (Å²) in [6.07, 6.45) is 0. The predicted molar refractivity (Wildman–Crippen MR) is 69.0 cm³/mol. The van der Waals surface area contributed by atoms with E-state index < -0.39 is 11.6 Å². The van der Waals surface area contributed by atoms with Crippen LogP contribution in [0.25, 0.3) is 0 Å². The fourth-order valence-electron chi connectivity index (χ4n) is 2.19. The number of amides is 1. The fraction of sp³-hybridized carbons (Fsp3) is 0.429. The molecule has 0 atom stereocenters. The Morgan fingerprint density at radius 2 is 2.10 bits per heavy atom. The number of rotatable bonds is 4. The van der Waals surface area contributed by atoms with Crippen LogP contribution in [-0.4, -0.2) is 47.2 Å². The second kappa shape index (κ2) is 5.20. The van der Waals surface area contributed by atoms with Crippen molar-refractivity contribution in [3.63, 3.8) is 0 Å². The fourth-order valence-corrected chi connectivity index (χ4v) is 2.19. The van der Waals surface area contributed by atoms with E-state index in [0.717, 1.165) is 0 Å². The van der Waals surface area contributed by atoms with E-state index in [9.17, 15) is 14.0 Å². The van der Waals surface area contributed by atoms with Crippen LogP contribution in [0.3, 0.4) is 0 Å². The summed E-state index contributed by atoms with van der Waals surface area (Å²) < 4.78 is 18.4. The van der Waals surface area contributed by atoms with Gasteiger partial charge in [-0.2, -0.15) is 0 Å². The number of benzene rings is 1. The van der Waals surface area contributed by atoms with Crippen LogP contribution in [-0.2, 0) is 9.53 Å². The number of likely N-dealkylation sites (tertiary alicyclic amines) is 1. The summed E-state index contributed by atoms with van der Waals surface area (Å²) in [5, 5.41) is 8.56. The molecule has 0 spiro atoms. The Kier molecular flexibility index (Phi) is 3.76. The lowest BCUT2D eigenvalue weighted by molar-refractivity contribution is -0.159. The molecule has 108 valence electrons. The van der Waals surface area contributed by atoms with Gasteiger partial charge in [-0.25, -0.2) is 9.18 Å². The zero-order chi connectivity index (χ0) is 14.9. The molecule has 6 heteroatoms. The largest absolute Gasteiger partial charge is 0.480 e. The van der Waals surface area contributed by atoms with Gasteiger partial charge in [-0.1, -0.05) is 0 Å². The van der Waals surface area contributed by atoms with Crippen molar-refractivity contribution in [2.45, 2.75) is 19.4 Å². The molecule has 1 aromatic rings. The van der Waals surface area contributed by atoms with Crippen LogP contribution >= 0.6 is 0 Å². The number of nitrogens with zero attached hydrogens (tertiary/aromatic N) is 1. The minimum Gasteiger partial charge on any atom is -0.480 e. The summed E-state index contributed by atoms with van der Waals surface area (Å²) in [6.45, 7) is 3.64. The first-order chi connectivity index (χ1) is 9.31. The number of aryl methyl sites for hydroxylation is 1. The first-order valence-corrected chi connectivity index (χ1v) is 6.22. The highest BCUT2D eigenvalue weighted by molar-refractivity contribution is 5.95. The molecule has 1 N–H and O–H groups in total. The average Bonchev–Trinajstić information content (AvgIpc) is 2.35. The normalized spacial score (nSPS) is 16.6. The molecule has 1 fully saturated rings. The maximum atomic E-state index is 13.2. The third kappa shape index (κ3) is 2.96. The molecule has 0 unspecified atom stereocenters. The topological polar surface area (TPSA) is 66.8 Å². The van der Waals surface area contributed by atoms with E-state index in [1.807, 2.05) is 0 Å². The quantitative estimate of drug-likeness (QED) is 0.907. The molecule has 0 bridgehead atoms. The number of carbonyl (C=O) groups excluding carboxylic acids is 1. The summed E-state index contributed by atoms with van der Waals surface area (Å²) in [5.74, 6) is -1.59. The molecule has 1 amide bonds. The number of aliphatic carboxylic acids is 1. The second-order valence-electron chi connectivity index (χ2n) is 5.26. The maximum absolute atomic E-state index is 13.2. The van der Waals surface area contributed by atoms with Gasteiger partial charge in [0, 0.05) is 5.56 Å². The highest BCUT2D eigenvalue weighted by Crippen LogP contribution is 2.26. The van der Waals surface area contributed by atoms with Gasteiger partial charge in [0.2, 0.25) is 0 Å². The first kappa shape index (κ1) is 14.5. The molecule has 1 aromatic carbocycles. The Hall–Kier alpha value is -1.95. The lowest BCUT2D eigenvalue weighted by atomic mass is 9.95. The van der Waals surface area contributed by atoms with Crippen LogP contribution < -0.4 is 0 Å². The van der Waals surface area contributed by atoms with Crippen molar-refractivity contribution >= 4 is 11.9 Å². The van der Waals surface area contributed by atoms with Crippen molar-refractivity contribution in [3.8, 4) is 0 Å². The molecule has 5 nitrogen and oxygen atoms in total. The maximum Gasteiger partial charge on any atom is 0.329 e. The van der Waals surface area contributed by atoms with Gasteiger partial charge in [0.1, 0.15) is 18.0 Å². The van der Waals surface area contributed by atoms with E-state index in [1.54, 1.807) is 18.7 Å². The Morgan fingerprint density at radius 1 is 1.45 bits per heavy atom. The lowest BCUT2D eigenvalue weighted by Gasteiger charge is -2.47. The molecule has 1 saturated heterocycles. The zero-order valence-corrected chi connectivity index (χ0v) is 11.4. The zero-order valence-electron chi connectivity index (χ0n) is 11.4. The van der Waals surface area contributed by atoms with Crippen LogP contribution in [0.15, 0.2) is 18.2 Å². The van der Waals surface area contributed by atoms with Gasteiger partial charge >= 0.3 is 5.97 Å². The molecule has 1 aliphatic rings. The van der Waals surface area contributed by atoms with Gasteiger partial charge in [-0.05, 0) is 37.6 Å². The van der Waals surface area contributed by atoms with E-state index in [2.05, 4.69) is 0 Å². The number of carboxylic acid groups (broad SMARTS) is 1. The predicted octanol–water partition coefficient (Wildman–Crippen LogP) is 1.45. The van der Waals surface area contributed by atoms with Crippen molar-refractivity contribution < 1.29 is 23.8 Å². The number of carboxylic acids is 1. The summed E-state index contributed by atoms with van der Waals surface area (Å²) in [5.41, 5.74) is 0.216. The molecular formula is C14H16FNO4. The lowest BCUT2D eigenvalue weighted by Crippen LogP contribution is -2.63. The molecule has 1 heterocycles. The summed E-state index contributed by atoms with van der Waals surface area (Å²) in [6, 6.07) is 4.21. The van der Waals surface area contributed by atoms with Crippen molar-refractivity contribution in [3.05, 3.63) is 35.1 Å². The molecule has 2 rings (SSSR count). The van der Waals surface area contributed by atoms with E-state index in [0.29, 0.717) is 24.2 Å². The molecule has 0 saturated carbocycles. The number of ether oxygens (including phenoxy) is 1. The number of carbonyl (C=O) groups is 2. The first-order valence-electron chi connectivity index (χ1n) is 6.22. The highest BCUT2D eigenvalue weighted by Gasteiger charge is 2.42. The standard InChI is InChI=1S/C14H16FNO4/c1-9-5-10(3-4-11(9)15)13(19)16-7-14(2,8-16)20-6-12(17)18/h3-5H,6-8H2,1-2H3,(H,17,18). The van der Waals surface area contributed by atoms with Crippen LogP contribution in [0, 0.1) is 12.7 Å². The molecule has 1 aliphatic heterocycles. The summed E-state index contributed by atoms with van der Waals surface area (Å²) in [4.78, 5) is 24.1. The average molecular weight is 281 g/mol. The second-order valence-corrected chi connectivity index (χ2v) is 5.26. The van der Waals surface area contributed by atoms with Crippen LogP contribution in [0.5, 0.6) is 0 Å². The Labute approximate surface area is 116 Å². The van der Waals surface area contributed by atoms with Crippen molar-refractivity contribution in [1.82, 2.24) is 4.90 Å². The third-order valence-corrected chi connectivity index (χ3v) is 3.29. The number of hydrogen-bond donors (Lipinski definition) is 1. The summed E-state index contributed by atoms with van der Waals surface area (Å²) >= 11 is 0. The van der Waals surface area contributed by atoms with Gasteiger partial charge in [0.25, 0.3) is 5.91 Å². The van der Waals surface area contributed by atoms with Gasteiger partial charge in [0.05, 0.1) is 13.1 Å². The Bertz CT molecular complexity index is 552. The monoisotopic (exact) mass is 281 g/mol. The number of hydrogen-bond acceptors (Lipinski definition) is 3. The van der Waals surface area contributed by atoms with Crippen molar-refractivity contribution in [2.24, 2.45) is 0 Å². The molecule has 20 heavy (non-hydrogen) atoms. The SMILES string of the molecule is Cc1cc(C(=O)N2CC(C)(OCC(=O)O)C2)ccc1F. The van der Waals surface area contributed by atoms with Crippen LogP contribution in [0.4, 0.5) is 4.39 Å². The van der Waals surface area contributed by atoms with Crippen LogP contribution in [0.1, 0.15) is 22.8 Å². The Morgan fingerprint density at radius 3 is 2.65 bits per heavy atom. The van der Waals surface area contributed by atoms with Gasteiger partial charge in [-0.3, -0.25) is 4.79 Å². The van der Waals surface area contributed by atoms with Gasteiger partial charge < -0.3 is 14.7 Å². The summed E-state index contributed by atoms with van der Waals surface area (Å²) in [7, 11) is 0. The molecular weight excluding hydrogens is 265 g/mol. The molecule has 0 radical (unpaired) electrons. The third-order valence-electron chi connectivity index (χ3n) is 3.29. The van der Waals surface area contributed by atoms with Gasteiger partial charge in [-0.15, -0.1) is 0 Å². The smallest absolute Gasteiger partial charge is 0.329 e. The van der Waals surface area contributed by atoms with E-state index >= 15 is 0 Å². The van der Waals surface area contributed by atoms with Crippen molar-refractivity contribution in [1.29, 1.82) is 0 Å². The highest BCUT2D eigenvalue weighted by atomic mass is 19.1.